The van der Waals surface area contributed by atoms with Gasteiger partial charge in [-0.25, -0.2) is 0 Å². The Labute approximate surface area is 78.6 Å². The maximum atomic E-state index is 5.16. The summed E-state index contributed by atoms with van der Waals surface area (Å²) in [7, 11) is 1.63. The molecule has 0 atom stereocenters. The van der Waals surface area contributed by atoms with Crippen LogP contribution in [0, 0.1) is 0 Å². The number of ether oxygens (including phenoxy) is 1. The number of rotatable bonds is 2. The van der Waals surface area contributed by atoms with Gasteiger partial charge in [0.25, 0.3) is 0 Å². The Morgan fingerprint density at radius 3 is 2.92 bits per heavy atom. The second-order valence-electron chi connectivity index (χ2n) is 2.58. The number of allylic oxidation sites excluding steroid dienone is 5. The normalized spacial score (nSPS) is 19.7. The molecule has 0 fully saturated rings. The van der Waals surface area contributed by atoms with Crippen molar-refractivity contribution in [3.63, 3.8) is 0 Å². The molecule has 0 aliphatic heterocycles. The number of aliphatic imine (C=N–C) groups is 1. The maximum Gasteiger partial charge on any atom is 0.145 e. The fraction of sp³-hybridized carbons (Fsp3) is 0.182. The van der Waals surface area contributed by atoms with Gasteiger partial charge in [-0.05, 0) is 18.6 Å². The van der Waals surface area contributed by atoms with E-state index in [0.29, 0.717) is 0 Å². The van der Waals surface area contributed by atoms with Crippen molar-refractivity contribution in [2.45, 2.75) is 6.92 Å². The van der Waals surface area contributed by atoms with Gasteiger partial charge >= 0.3 is 0 Å². The molecule has 13 heavy (non-hydrogen) atoms. The third-order valence-electron chi connectivity index (χ3n) is 1.66. The standard InChI is InChI=1S/C11H13NO/c1-4-8-12-11-9(2)6-5-7-10(11)13-3/h4-8H,2H2,1,3H3/b8-4-,12-11+. The van der Waals surface area contributed by atoms with E-state index in [4.69, 9.17) is 4.74 Å². The zero-order chi connectivity index (χ0) is 9.68. The van der Waals surface area contributed by atoms with Gasteiger partial charge in [-0.3, -0.25) is 4.99 Å². The van der Waals surface area contributed by atoms with Gasteiger partial charge in [0.15, 0.2) is 0 Å². The molecule has 2 nitrogen and oxygen atoms in total. The van der Waals surface area contributed by atoms with Crippen molar-refractivity contribution in [1.82, 2.24) is 0 Å². The van der Waals surface area contributed by atoms with Crippen molar-refractivity contribution in [3.05, 3.63) is 48.4 Å². The van der Waals surface area contributed by atoms with Crippen molar-refractivity contribution in [2.24, 2.45) is 4.99 Å². The molecule has 0 spiro atoms. The molecule has 0 aromatic rings. The second kappa shape index (κ2) is 4.45. The molecule has 0 aromatic heterocycles. The summed E-state index contributed by atoms with van der Waals surface area (Å²) < 4.78 is 5.16. The van der Waals surface area contributed by atoms with Crippen molar-refractivity contribution < 1.29 is 4.74 Å². The first-order chi connectivity index (χ1) is 6.29. The molecule has 0 amide bonds. The van der Waals surface area contributed by atoms with Crippen molar-refractivity contribution in [1.29, 1.82) is 0 Å². The minimum atomic E-state index is 0.755. The highest BCUT2D eigenvalue weighted by molar-refractivity contribution is 6.13. The Hall–Kier alpha value is -1.57. The van der Waals surface area contributed by atoms with Crippen LogP contribution in [0.5, 0.6) is 0 Å². The van der Waals surface area contributed by atoms with E-state index in [-0.39, 0.29) is 0 Å². The van der Waals surface area contributed by atoms with Crippen LogP contribution in [0.1, 0.15) is 6.92 Å². The molecule has 68 valence electrons. The molecule has 0 bridgehead atoms. The van der Waals surface area contributed by atoms with Crippen LogP contribution in [0.25, 0.3) is 0 Å². The van der Waals surface area contributed by atoms with E-state index in [1.54, 1.807) is 13.3 Å². The highest BCUT2D eigenvalue weighted by Gasteiger charge is 2.11. The zero-order valence-corrected chi connectivity index (χ0v) is 7.95. The van der Waals surface area contributed by atoms with Gasteiger partial charge in [-0.15, -0.1) is 0 Å². The summed E-state index contributed by atoms with van der Waals surface area (Å²) in [5.74, 6) is 0.755. The van der Waals surface area contributed by atoms with Gasteiger partial charge in [-0.2, -0.15) is 0 Å². The first-order valence-corrected chi connectivity index (χ1v) is 4.10. The molecule has 1 aliphatic carbocycles. The lowest BCUT2D eigenvalue weighted by molar-refractivity contribution is 0.315. The minimum absolute atomic E-state index is 0.755. The van der Waals surface area contributed by atoms with Gasteiger partial charge < -0.3 is 4.74 Å². The van der Waals surface area contributed by atoms with E-state index in [2.05, 4.69) is 11.6 Å². The average Bonchev–Trinajstić information content (AvgIpc) is 2.15. The quantitative estimate of drug-likeness (QED) is 0.632. The van der Waals surface area contributed by atoms with Crippen LogP contribution in [0.3, 0.4) is 0 Å². The third kappa shape index (κ3) is 2.18. The van der Waals surface area contributed by atoms with E-state index in [9.17, 15) is 0 Å². The first kappa shape index (κ1) is 9.52. The maximum absolute atomic E-state index is 5.16. The molecule has 0 radical (unpaired) electrons. The molecule has 0 aromatic carbocycles. The molecular formula is C11H13NO. The minimum Gasteiger partial charge on any atom is -0.494 e. The van der Waals surface area contributed by atoms with Crippen molar-refractivity contribution >= 4 is 5.71 Å². The van der Waals surface area contributed by atoms with E-state index >= 15 is 0 Å². The molecular weight excluding hydrogens is 162 g/mol. The third-order valence-corrected chi connectivity index (χ3v) is 1.66. The highest BCUT2D eigenvalue weighted by Crippen LogP contribution is 2.14. The predicted molar refractivity (Wildman–Crippen MR) is 55.6 cm³/mol. The molecule has 1 aliphatic rings. The van der Waals surface area contributed by atoms with Crippen molar-refractivity contribution in [3.8, 4) is 0 Å². The number of methoxy groups -OCH3 is 1. The molecule has 0 heterocycles. The van der Waals surface area contributed by atoms with Crippen molar-refractivity contribution in [2.75, 3.05) is 7.11 Å². The van der Waals surface area contributed by atoms with Crippen LogP contribution >= 0.6 is 0 Å². The van der Waals surface area contributed by atoms with Gasteiger partial charge in [0, 0.05) is 6.20 Å². The summed E-state index contributed by atoms with van der Waals surface area (Å²) in [5, 5.41) is 0. The monoisotopic (exact) mass is 175 g/mol. The van der Waals surface area contributed by atoms with Crippen LogP contribution in [0.4, 0.5) is 0 Å². The van der Waals surface area contributed by atoms with Crippen LogP contribution in [-0.2, 0) is 4.74 Å². The first-order valence-electron chi connectivity index (χ1n) is 4.10. The molecule has 0 unspecified atom stereocenters. The summed E-state index contributed by atoms with van der Waals surface area (Å²) >= 11 is 0. The fourth-order valence-electron chi connectivity index (χ4n) is 1.03. The van der Waals surface area contributed by atoms with E-state index in [1.807, 2.05) is 31.2 Å². The summed E-state index contributed by atoms with van der Waals surface area (Å²) in [6.07, 6.45) is 9.27. The highest BCUT2D eigenvalue weighted by atomic mass is 16.5. The summed E-state index contributed by atoms with van der Waals surface area (Å²) in [6, 6.07) is 0. The zero-order valence-electron chi connectivity index (χ0n) is 7.95. The van der Waals surface area contributed by atoms with Crippen LogP contribution < -0.4 is 0 Å². The number of nitrogens with zero attached hydrogens (tertiary/aromatic N) is 1. The van der Waals surface area contributed by atoms with Crippen LogP contribution in [0.15, 0.2) is 53.4 Å². The summed E-state index contributed by atoms with van der Waals surface area (Å²) in [4.78, 5) is 4.23. The Morgan fingerprint density at radius 1 is 1.54 bits per heavy atom. The topological polar surface area (TPSA) is 21.6 Å². The Kier molecular flexibility index (Phi) is 3.26. The van der Waals surface area contributed by atoms with E-state index < -0.39 is 0 Å². The van der Waals surface area contributed by atoms with Gasteiger partial charge in [0.1, 0.15) is 11.5 Å². The summed E-state index contributed by atoms with van der Waals surface area (Å²) in [6.45, 7) is 5.79. The van der Waals surface area contributed by atoms with Gasteiger partial charge in [0.05, 0.1) is 7.11 Å². The lowest BCUT2D eigenvalue weighted by Crippen LogP contribution is -2.08. The lowest BCUT2D eigenvalue weighted by atomic mass is 10.1. The molecule has 2 heteroatoms. The van der Waals surface area contributed by atoms with Crippen LogP contribution in [-0.4, -0.2) is 12.8 Å². The molecule has 0 saturated carbocycles. The fourth-order valence-corrected chi connectivity index (χ4v) is 1.03. The summed E-state index contributed by atoms with van der Waals surface area (Å²) in [5.41, 5.74) is 1.67. The smallest absolute Gasteiger partial charge is 0.145 e. The predicted octanol–water partition coefficient (Wildman–Crippen LogP) is 2.62. The van der Waals surface area contributed by atoms with Gasteiger partial charge in [-0.1, -0.05) is 24.8 Å². The molecule has 0 saturated heterocycles. The van der Waals surface area contributed by atoms with Gasteiger partial charge in [0.2, 0.25) is 0 Å². The largest absolute Gasteiger partial charge is 0.494 e. The van der Waals surface area contributed by atoms with E-state index in [0.717, 1.165) is 17.0 Å². The number of hydrogen-bond donors (Lipinski definition) is 0. The molecule has 0 N–H and O–H groups in total. The van der Waals surface area contributed by atoms with E-state index in [1.165, 1.54) is 0 Å². The molecule has 1 rings (SSSR count). The SMILES string of the molecule is C=C1C=CC=C(OC)/C1=N/C=C\C. The Bertz CT molecular complexity index is 319. The van der Waals surface area contributed by atoms with Crippen LogP contribution in [0.2, 0.25) is 0 Å². The lowest BCUT2D eigenvalue weighted by Gasteiger charge is -2.11. The second-order valence-corrected chi connectivity index (χ2v) is 2.58. The number of hydrogen-bond acceptors (Lipinski definition) is 2. The Balaban J connectivity index is 2.99. The average molecular weight is 175 g/mol. The Morgan fingerprint density at radius 2 is 2.31 bits per heavy atom.